The molecule has 8 rings (SSSR count). The fourth-order valence-corrected chi connectivity index (χ4v) is 8.09. The minimum Gasteiger partial charge on any atom is -0.485 e. The zero-order valence-electron chi connectivity index (χ0n) is 33.5. The van der Waals surface area contributed by atoms with Gasteiger partial charge in [0.05, 0.1) is 33.8 Å². The smallest absolute Gasteiger partial charge is 0.416 e. The average Bonchev–Trinajstić information content (AvgIpc) is 3.90. The van der Waals surface area contributed by atoms with Crippen molar-refractivity contribution in [2.45, 2.75) is 58.5 Å². The van der Waals surface area contributed by atoms with E-state index in [-0.39, 0.29) is 91.5 Å². The van der Waals surface area contributed by atoms with Gasteiger partial charge in [0.15, 0.2) is 17.3 Å². The van der Waals surface area contributed by atoms with Gasteiger partial charge in [-0.25, -0.2) is 9.97 Å². The number of ether oxygens (including phenoxy) is 2. The van der Waals surface area contributed by atoms with Crippen LogP contribution < -0.4 is 20.5 Å². The molecule has 1 atom stereocenters. The Hall–Kier alpha value is -6.33. The lowest BCUT2D eigenvalue weighted by molar-refractivity contribution is -0.137. The summed E-state index contributed by atoms with van der Waals surface area (Å²) in [5, 5.41) is 7.01. The van der Waals surface area contributed by atoms with Crippen molar-refractivity contribution in [2.24, 2.45) is 0 Å². The number of methoxy groups -OCH3 is 1. The van der Waals surface area contributed by atoms with Crippen LogP contribution in [0.5, 0.6) is 5.75 Å². The van der Waals surface area contributed by atoms with Crippen LogP contribution in [0, 0.1) is 6.92 Å². The van der Waals surface area contributed by atoms with Crippen molar-refractivity contribution < 1.29 is 32.2 Å². The van der Waals surface area contributed by atoms with Crippen LogP contribution in [-0.4, -0.2) is 85.2 Å². The van der Waals surface area contributed by atoms with E-state index in [9.17, 15) is 27.6 Å². The molecule has 316 valence electrons. The molecule has 2 amide bonds. The molecule has 18 heteroatoms. The number of carbonyl (C=O) groups is 2. The van der Waals surface area contributed by atoms with Gasteiger partial charge in [-0.05, 0) is 67.1 Å². The van der Waals surface area contributed by atoms with E-state index in [1.54, 1.807) is 23.5 Å². The lowest BCUT2D eigenvalue weighted by Crippen LogP contribution is -2.51. The Labute approximate surface area is 352 Å². The van der Waals surface area contributed by atoms with Gasteiger partial charge in [0.25, 0.3) is 11.5 Å². The van der Waals surface area contributed by atoms with Crippen molar-refractivity contribution in [2.75, 3.05) is 43.5 Å². The normalized spacial score (nSPS) is 15.3. The zero-order valence-corrected chi connectivity index (χ0v) is 34.3. The number of benzene rings is 3. The fraction of sp³-hybridized carbons (Fsp3) is 0.326. The number of amides is 2. The monoisotopic (exact) mass is 855 g/mol. The van der Waals surface area contributed by atoms with Crippen molar-refractivity contribution in [3.05, 3.63) is 128 Å². The van der Waals surface area contributed by atoms with Gasteiger partial charge in [-0.3, -0.25) is 14.4 Å². The molecule has 14 nitrogen and oxygen atoms in total. The number of hydrogen-bond acceptors (Lipinski definition) is 10. The minimum atomic E-state index is -4.62. The third-order valence-corrected chi connectivity index (χ3v) is 11.3. The van der Waals surface area contributed by atoms with Crippen molar-refractivity contribution in [1.29, 1.82) is 0 Å². The number of nitrogens with zero attached hydrogens (tertiary/aromatic N) is 8. The van der Waals surface area contributed by atoms with E-state index < -0.39 is 23.2 Å². The molecule has 1 saturated heterocycles. The summed E-state index contributed by atoms with van der Waals surface area (Å²) in [6.45, 7) is 4.40. The highest BCUT2D eigenvalue weighted by Crippen LogP contribution is 2.34. The number of piperazine rings is 1. The number of carbonyl (C=O) groups excluding carboxylic acids is 2. The lowest BCUT2D eigenvalue weighted by atomic mass is 10.1. The molecule has 3 aromatic carbocycles. The van der Waals surface area contributed by atoms with Gasteiger partial charge in [-0.15, -0.1) is 5.10 Å². The number of aromatic nitrogens is 6. The highest BCUT2D eigenvalue weighted by molar-refractivity contribution is 6.33. The number of hydrogen-bond donors (Lipinski definition) is 1. The maximum Gasteiger partial charge on any atom is 0.416 e. The summed E-state index contributed by atoms with van der Waals surface area (Å²) >= 11 is 6.20. The first-order valence-corrected chi connectivity index (χ1v) is 20.1. The maximum absolute atomic E-state index is 14.6. The van der Waals surface area contributed by atoms with E-state index in [2.05, 4.69) is 20.4 Å². The zero-order chi connectivity index (χ0) is 43.0. The summed E-state index contributed by atoms with van der Waals surface area (Å²) in [6.07, 6.45) is -1.47. The molecule has 0 radical (unpaired) electrons. The molecule has 61 heavy (non-hydrogen) atoms. The summed E-state index contributed by atoms with van der Waals surface area (Å²) in [5.74, 6) is -0.315. The van der Waals surface area contributed by atoms with E-state index in [4.69, 9.17) is 26.1 Å². The van der Waals surface area contributed by atoms with Crippen molar-refractivity contribution >= 4 is 40.6 Å². The van der Waals surface area contributed by atoms with Crippen LogP contribution in [0.1, 0.15) is 51.1 Å². The van der Waals surface area contributed by atoms with E-state index in [1.165, 1.54) is 10.8 Å². The van der Waals surface area contributed by atoms with Crippen LogP contribution in [-0.2, 0) is 48.1 Å². The Morgan fingerprint density at radius 2 is 1.72 bits per heavy atom. The lowest BCUT2D eigenvalue weighted by Gasteiger charge is -2.36. The van der Waals surface area contributed by atoms with E-state index in [0.29, 0.717) is 29.1 Å². The van der Waals surface area contributed by atoms with Crippen LogP contribution in [0.15, 0.2) is 77.9 Å². The second-order valence-electron chi connectivity index (χ2n) is 14.9. The van der Waals surface area contributed by atoms with Crippen LogP contribution >= 0.6 is 11.6 Å². The first-order valence-electron chi connectivity index (χ1n) is 19.7. The number of nitrogens with one attached hydrogen (secondary N) is 1. The Morgan fingerprint density at radius 1 is 0.967 bits per heavy atom. The van der Waals surface area contributed by atoms with E-state index in [1.807, 2.05) is 60.4 Å². The molecule has 1 aliphatic heterocycles. The average molecular weight is 856 g/mol. The molecule has 1 fully saturated rings. The van der Waals surface area contributed by atoms with Crippen LogP contribution in [0.25, 0.3) is 17.2 Å². The summed E-state index contributed by atoms with van der Waals surface area (Å²) in [4.78, 5) is 59.2. The molecule has 0 unspecified atom stereocenters. The van der Waals surface area contributed by atoms with Crippen LogP contribution in [0.4, 0.5) is 24.5 Å². The van der Waals surface area contributed by atoms with Gasteiger partial charge in [-0.1, -0.05) is 61.0 Å². The van der Waals surface area contributed by atoms with Crippen molar-refractivity contribution in [3.63, 3.8) is 0 Å². The minimum absolute atomic E-state index is 0.0158. The Morgan fingerprint density at radius 3 is 2.43 bits per heavy atom. The largest absolute Gasteiger partial charge is 0.485 e. The standard InChI is InChI=1S/C43H41ClF3N9O5/c1-4-34-37(53-14-16-54(17-15-53)40(58)36-38(25(2)48-24-49-36)61-23-26-8-6-5-7-9-26)41(59)56-42(51-39(52-56)28-11-10-27-19-31(60-3)20-29(27)18-28)55(34)22-35(57)50-33-13-12-30(21-32(33)44)43(45,46)47/h5-13,18,21,24,31H,4,14-17,19-20,22-23H2,1-3H3,(H,50,57)/t31-/m1/s1. The first-order chi connectivity index (χ1) is 29.3. The number of halogens is 4. The van der Waals surface area contributed by atoms with E-state index in [0.717, 1.165) is 41.3 Å². The maximum atomic E-state index is 14.6. The van der Waals surface area contributed by atoms with Crippen molar-refractivity contribution in [1.82, 2.24) is 34.0 Å². The molecule has 6 aromatic rings. The number of rotatable bonds is 11. The SMILES string of the molecule is CCc1c(N2CCN(C(=O)c3ncnc(C)c3OCc3ccccc3)CC2)c(=O)n2nc(-c3ccc4c(c3)C[C@H](OC)C4)nc2n1CC(=O)Nc1ccc(C(F)(F)F)cc1Cl. The Bertz CT molecular complexity index is 2700. The Balaban J connectivity index is 1.11. The third kappa shape index (κ3) is 8.39. The van der Waals surface area contributed by atoms with Gasteiger partial charge >= 0.3 is 6.18 Å². The molecule has 3 aromatic heterocycles. The molecule has 0 spiro atoms. The number of alkyl halides is 3. The molecule has 1 aliphatic carbocycles. The van der Waals surface area contributed by atoms with Gasteiger partial charge < -0.3 is 29.2 Å². The quantitative estimate of drug-likeness (QED) is 0.160. The van der Waals surface area contributed by atoms with Gasteiger partial charge in [0, 0.05) is 38.9 Å². The first kappa shape index (κ1) is 41.4. The molecule has 1 N–H and O–H groups in total. The van der Waals surface area contributed by atoms with Crippen molar-refractivity contribution in [3.8, 4) is 17.1 Å². The van der Waals surface area contributed by atoms with Crippen LogP contribution in [0.3, 0.4) is 0 Å². The third-order valence-electron chi connectivity index (χ3n) is 11.0. The van der Waals surface area contributed by atoms with Gasteiger partial charge in [-0.2, -0.15) is 22.7 Å². The molecular weight excluding hydrogens is 815 g/mol. The second-order valence-corrected chi connectivity index (χ2v) is 15.3. The molecule has 4 heterocycles. The molecule has 2 aliphatic rings. The summed E-state index contributed by atoms with van der Waals surface area (Å²) in [7, 11) is 1.68. The second kappa shape index (κ2) is 17.0. The highest BCUT2D eigenvalue weighted by atomic mass is 35.5. The number of fused-ring (bicyclic) bond motifs is 2. The van der Waals surface area contributed by atoms with Gasteiger partial charge in [0.1, 0.15) is 25.2 Å². The summed E-state index contributed by atoms with van der Waals surface area (Å²) in [6, 6.07) is 18.1. The number of aryl methyl sites for hydroxylation is 1. The topological polar surface area (TPSA) is 149 Å². The number of anilines is 2. The highest BCUT2D eigenvalue weighted by Gasteiger charge is 2.33. The predicted octanol–water partition coefficient (Wildman–Crippen LogP) is 6.18. The Kier molecular flexibility index (Phi) is 11.5. The van der Waals surface area contributed by atoms with Gasteiger partial charge in [0.2, 0.25) is 11.7 Å². The van der Waals surface area contributed by atoms with Crippen LogP contribution in [0.2, 0.25) is 5.02 Å². The predicted molar refractivity (Wildman–Crippen MR) is 221 cm³/mol. The summed E-state index contributed by atoms with van der Waals surface area (Å²) < 4.78 is 54.5. The molecule has 0 saturated carbocycles. The summed E-state index contributed by atoms with van der Waals surface area (Å²) in [5.41, 5.74) is 3.79. The molecular formula is C43H41ClF3N9O5. The molecule has 0 bridgehead atoms. The fourth-order valence-electron chi connectivity index (χ4n) is 7.86. The van der Waals surface area contributed by atoms with E-state index >= 15 is 0 Å².